The standard InChI is InChI=1S/C33H40N8O4/c1-19(2)24-10-9-20(3)13-30(42)37-27(14-21-17-35-25-8-5-4-7-23(21)25)33(45)40-18-22(15-28(40)32(44)38-24)36-31(43)26-16-29-34-11-6-12-41(29)39-26/h4-8,11-12,16-17,19-20,22,24,27-28,35H,9-10,13-15,18H2,1-3H3,(H,36,43)(H,37,42)(H,38,44)/t20-,22-,24+,27-,28+/m1/s1. The minimum absolute atomic E-state index is 0.0851. The Morgan fingerprint density at radius 1 is 1.11 bits per heavy atom. The molecule has 2 saturated heterocycles. The zero-order valence-corrected chi connectivity index (χ0v) is 25.8. The molecule has 0 unspecified atom stereocenters. The van der Waals surface area contributed by atoms with Crippen LogP contribution in [0.4, 0.5) is 0 Å². The Morgan fingerprint density at radius 2 is 1.93 bits per heavy atom. The van der Waals surface area contributed by atoms with Crippen LogP contribution >= 0.6 is 0 Å². The Labute approximate surface area is 261 Å². The zero-order chi connectivity index (χ0) is 31.7. The highest BCUT2D eigenvalue weighted by atomic mass is 16.2. The van der Waals surface area contributed by atoms with E-state index in [0.29, 0.717) is 5.65 Å². The van der Waals surface area contributed by atoms with E-state index in [1.807, 2.05) is 37.4 Å². The molecule has 12 nitrogen and oxygen atoms in total. The zero-order valence-electron chi connectivity index (χ0n) is 25.8. The topological polar surface area (TPSA) is 154 Å². The number of hydrogen-bond acceptors (Lipinski definition) is 6. The van der Waals surface area contributed by atoms with Gasteiger partial charge in [0, 0.05) is 67.0 Å². The molecule has 4 aromatic rings. The van der Waals surface area contributed by atoms with Crippen LogP contribution < -0.4 is 16.0 Å². The van der Waals surface area contributed by atoms with Gasteiger partial charge in [-0.15, -0.1) is 0 Å². The van der Waals surface area contributed by atoms with Gasteiger partial charge in [-0.25, -0.2) is 9.50 Å². The van der Waals surface area contributed by atoms with Crippen LogP contribution in [-0.2, 0) is 20.8 Å². The van der Waals surface area contributed by atoms with Crippen molar-refractivity contribution in [3.05, 3.63) is 66.2 Å². The van der Waals surface area contributed by atoms with Crippen molar-refractivity contribution in [1.29, 1.82) is 0 Å². The molecule has 0 bridgehead atoms. The molecule has 4 N–H and O–H groups in total. The second-order valence-corrected chi connectivity index (χ2v) is 12.8. The number of rotatable bonds is 5. The van der Waals surface area contributed by atoms with Gasteiger partial charge in [0.15, 0.2) is 11.3 Å². The molecule has 2 aliphatic heterocycles. The number of nitrogens with zero attached hydrogens (tertiary/aromatic N) is 4. The molecular weight excluding hydrogens is 572 g/mol. The molecule has 236 valence electrons. The summed E-state index contributed by atoms with van der Waals surface area (Å²) >= 11 is 0. The normalized spacial score (nSPS) is 24.9. The molecule has 45 heavy (non-hydrogen) atoms. The summed E-state index contributed by atoms with van der Waals surface area (Å²) in [4.78, 5) is 63.8. The van der Waals surface area contributed by atoms with E-state index in [1.54, 1.807) is 24.5 Å². The third-order valence-corrected chi connectivity index (χ3v) is 9.06. The van der Waals surface area contributed by atoms with E-state index in [2.05, 4.69) is 44.9 Å². The van der Waals surface area contributed by atoms with E-state index in [4.69, 9.17) is 0 Å². The maximum absolute atomic E-state index is 14.4. The van der Waals surface area contributed by atoms with E-state index in [-0.39, 0.29) is 67.1 Å². The highest BCUT2D eigenvalue weighted by Crippen LogP contribution is 2.25. The molecule has 4 amide bonds. The third kappa shape index (κ3) is 6.54. The predicted molar refractivity (Wildman–Crippen MR) is 168 cm³/mol. The predicted octanol–water partition coefficient (Wildman–Crippen LogP) is 2.60. The lowest BCUT2D eigenvalue weighted by Crippen LogP contribution is -2.55. The van der Waals surface area contributed by atoms with Crippen LogP contribution in [0.1, 0.15) is 62.5 Å². The second kappa shape index (κ2) is 12.7. The van der Waals surface area contributed by atoms with E-state index < -0.39 is 24.0 Å². The quantitative estimate of drug-likeness (QED) is 0.272. The van der Waals surface area contributed by atoms with Crippen molar-refractivity contribution in [3.8, 4) is 0 Å². The number of fused-ring (bicyclic) bond motifs is 3. The molecule has 5 heterocycles. The van der Waals surface area contributed by atoms with Gasteiger partial charge in [0.05, 0.1) is 0 Å². The molecule has 0 aliphatic carbocycles. The summed E-state index contributed by atoms with van der Waals surface area (Å²) < 4.78 is 1.52. The minimum Gasteiger partial charge on any atom is -0.361 e. The maximum Gasteiger partial charge on any atom is 0.272 e. The van der Waals surface area contributed by atoms with Crippen LogP contribution in [0.25, 0.3) is 16.6 Å². The van der Waals surface area contributed by atoms with E-state index >= 15 is 0 Å². The molecule has 1 aromatic carbocycles. The molecule has 0 radical (unpaired) electrons. The Bertz CT molecular complexity index is 1690. The van der Waals surface area contributed by atoms with Crippen molar-refractivity contribution in [1.82, 2.24) is 40.4 Å². The molecule has 3 aromatic heterocycles. The Hall–Kier alpha value is -4.74. The van der Waals surface area contributed by atoms with Crippen LogP contribution in [0.2, 0.25) is 0 Å². The summed E-state index contributed by atoms with van der Waals surface area (Å²) in [5, 5.41) is 14.5. The monoisotopic (exact) mass is 612 g/mol. The highest BCUT2D eigenvalue weighted by Gasteiger charge is 2.43. The first kappa shape index (κ1) is 30.3. The van der Waals surface area contributed by atoms with E-state index in [1.165, 1.54) is 9.42 Å². The summed E-state index contributed by atoms with van der Waals surface area (Å²) in [7, 11) is 0. The highest BCUT2D eigenvalue weighted by molar-refractivity contribution is 5.95. The average molecular weight is 613 g/mol. The number of para-hydroxylation sites is 1. The van der Waals surface area contributed by atoms with Gasteiger partial charge >= 0.3 is 0 Å². The van der Waals surface area contributed by atoms with Crippen molar-refractivity contribution in [3.63, 3.8) is 0 Å². The van der Waals surface area contributed by atoms with Gasteiger partial charge < -0.3 is 25.8 Å². The lowest BCUT2D eigenvalue weighted by molar-refractivity contribution is -0.141. The number of amides is 4. The fourth-order valence-corrected chi connectivity index (χ4v) is 6.54. The number of aromatic amines is 1. The van der Waals surface area contributed by atoms with Crippen LogP contribution in [0, 0.1) is 11.8 Å². The first-order valence-electron chi connectivity index (χ1n) is 15.7. The fourth-order valence-electron chi connectivity index (χ4n) is 6.54. The Kier molecular flexibility index (Phi) is 8.55. The van der Waals surface area contributed by atoms with Crippen LogP contribution in [-0.4, -0.2) is 78.8 Å². The van der Waals surface area contributed by atoms with Crippen molar-refractivity contribution in [2.45, 2.75) is 77.0 Å². The van der Waals surface area contributed by atoms with Crippen molar-refractivity contribution in [2.24, 2.45) is 11.8 Å². The number of benzene rings is 1. The largest absolute Gasteiger partial charge is 0.361 e. The fraction of sp³-hybridized carbons (Fsp3) is 0.455. The summed E-state index contributed by atoms with van der Waals surface area (Å²) in [6.07, 6.45) is 7.46. The van der Waals surface area contributed by atoms with Gasteiger partial charge in [0.1, 0.15) is 12.1 Å². The van der Waals surface area contributed by atoms with Gasteiger partial charge in [-0.2, -0.15) is 5.10 Å². The first-order chi connectivity index (χ1) is 21.7. The van der Waals surface area contributed by atoms with Crippen LogP contribution in [0.5, 0.6) is 0 Å². The molecule has 0 spiro atoms. The van der Waals surface area contributed by atoms with Gasteiger partial charge in [-0.05, 0) is 48.8 Å². The number of carbonyl (C=O) groups excluding carboxylic acids is 4. The number of nitrogens with one attached hydrogen (secondary N) is 4. The third-order valence-electron chi connectivity index (χ3n) is 9.06. The maximum atomic E-state index is 14.4. The summed E-state index contributed by atoms with van der Waals surface area (Å²) in [5.74, 6) is -0.955. The SMILES string of the molecule is CC(C)[C@@H]1CC[C@@H](C)CC(=O)N[C@H](Cc2c[nH]c3ccccc23)C(=O)N2C[C@H](NC(=O)c3cc4ncccn4n3)C[C@H]2C(=O)N1. The molecular formula is C33H40N8O4. The smallest absolute Gasteiger partial charge is 0.272 e. The van der Waals surface area contributed by atoms with Crippen molar-refractivity contribution >= 4 is 40.2 Å². The number of H-pyrrole nitrogens is 1. The molecule has 5 atom stereocenters. The Morgan fingerprint density at radius 3 is 2.73 bits per heavy atom. The van der Waals surface area contributed by atoms with Crippen LogP contribution in [0.3, 0.4) is 0 Å². The number of carbonyl (C=O) groups is 4. The molecule has 6 rings (SSSR count). The van der Waals surface area contributed by atoms with E-state index in [0.717, 1.165) is 29.3 Å². The Balaban J connectivity index is 1.29. The van der Waals surface area contributed by atoms with Crippen LogP contribution in [0.15, 0.2) is 55.0 Å². The molecule has 12 heteroatoms. The van der Waals surface area contributed by atoms with Crippen molar-refractivity contribution in [2.75, 3.05) is 6.54 Å². The molecule has 0 saturated carbocycles. The number of aromatic nitrogens is 4. The summed E-state index contributed by atoms with van der Waals surface area (Å²) in [5.41, 5.74) is 2.56. The van der Waals surface area contributed by atoms with Gasteiger partial charge in [0.25, 0.3) is 5.91 Å². The lowest BCUT2D eigenvalue weighted by atomic mass is 9.92. The van der Waals surface area contributed by atoms with Gasteiger partial charge in [-0.3, -0.25) is 19.2 Å². The van der Waals surface area contributed by atoms with Crippen molar-refractivity contribution < 1.29 is 19.2 Å². The molecule has 2 fully saturated rings. The second-order valence-electron chi connectivity index (χ2n) is 12.8. The minimum atomic E-state index is -0.889. The summed E-state index contributed by atoms with van der Waals surface area (Å²) in [6, 6.07) is 8.82. The summed E-state index contributed by atoms with van der Waals surface area (Å²) in [6.45, 7) is 6.26. The average Bonchev–Trinajstić information content (AvgIpc) is 3.75. The number of hydrogen-bond donors (Lipinski definition) is 4. The lowest BCUT2D eigenvalue weighted by Gasteiger charge is -2.30. The van der Waals surface area contributed by atoms with E-state index in [9.17, 15) is 19.2 Å². The molecule has 2 aliphatic rings. The first-order valence-corrected chi connectivity index (χ1v) is 15.7. The van der Waals surface area contributed by atoms with Gasteiger partial charge in [0.2, 0.25) is 17.7 Å². The van der Waals surface area contributed by atoms with Gasteiger partial charge in [-0.1, -0.05) is 39.0 Å².